The molecule has 0 atom stereocenters. The minimum absolute atomic E-state index is 0.0721. The van der Waals surface area contributed by atoms with Crippen LogP contribution in [-0.4, -0.2) is 11.1 Å². The maximum absolute atomic E-state index is 11.3. The topological polar surface area (TPSA) is 41.5 Å². The summed E-state index contributed by atoms with van der Waals surface area (Å²) >= 11 is 1.36. The highest BCUT2D eigenvalue weighted by Gasteiger charge is 2.22. The van der Waals surface area contributed by atoms with Gasteiger partial charge in [0.15, 0.2) is 5.17 Å². The van der Waals surface area contributed by atoms with E-state index in [1.54, 1.807) is 6.08 Å². The lowest BCUT2D eigenvalue weighted by Crippen LogP contribution is -2.19. The number of aliphatic imine (C=N–C) groups is 1. The fourth-order valence-corrected chi connectivity index (χ4v) is 1.96. The number of benzene rings is 1. The first-order valence-electron chi connectivity index (χ1n) is 6.59. The Morgan fingerprint density at radius 1 is 1.11 bits per heavy atom. The lowest BCUT2D eigenvalue weighted by atomic mass is 10.3. The summed E-state index contributed by atoms with van der Waals surface area (Å²) in [5.74, 6) is -0.0721. The molecule has 104 valence electrons. The van der Waals surface area contributed by atoms with E-state index in [4.69, 9.17) is 0 Å². The van der Waals surface area contributed by atoms with Crippen LogP contribution in [0.25, 0.3) is 0 Å². The van der Waals surface area contributed by atoms with Gasteiger partial charge in [0.2, 0.25) is 0 Å². The zero-order valence-corrected chi connectivity index (χ0v) is 13.0. The van der Waals surface area contributed by atoms with Crippen LogP contribution in [0.5, 0.6) is 0 Å². The molecule has 0 spiro atoms. The van der Waals surface area contributed by atoms with Crippen molar-refractivity contribution in [2.24, 2.45) is 4.99 Å². The quantitative estimate of drug-likeness (QED) is 0.769. The average molecular weight is 278 g/mol. The molecule has 1 fully saturated rings. The highest BCUT2D eigenvalue weighted by atomic mass is 32.2. The summed E-state index contributed by atoms with van der Waals surface area (Å²) in [5, 5.41) is 3.35. The summed E-state index contributed by atoms with van der Waals surface area (Å²) in [6.07, 6.45) is 1.79. The Kier molecular flexibility index (Phi) is 9.53. The van der Waals surface area contributed by atoms with Gasteiger partial charge >= 0.3 is 0 Å². The van der Waals surface area contributed by atoms with Crippen molar-refractivity contribution in [3.63, 3.8) is 0 Å². The van der Waals surface area contributed by atoms with E-state index in [1.807, 2.05) is 65.0 Å². The number of carbonyl (C=O) groups is 1. The Morgan fingerprint density at radius 3 is 2.16 bits per heavy atom. The summed E-state index contributed by atoms with van der Waals surface area (Å²) in [5.41, 5.74) is 0.845. The molecule has 2 rings (SSSR count). The number of allylic oxidation sites excluding steroid dienone is 1. The number of nitrogens with zero attached hydrogens (tertiary/aromatic N) is 1. The average Bonchev–Trinajstić information content (AvgIpc) is 2.84. The van der Waals surface area contributed by atoms with E-state index in [-0.39, 0.29) is 5.91 Å². The predicted octanol–water partition coefficient (Wildman–Crippen LogP) is 4.49. The predicted molar refractivity (Wildman–Crippen MR) is 85.7 cm³/mol. The van der Waals surface area contributed by atoms with E-state index in [9.17, 15) is 4.79 Å². The molecule has 19 heavy (non-hydrogen) atoms. The van der Waals surface area contributed by atoms with Crippen molar-refractivity contribution in [3.05, 3.63) is 41.3 Å². The van der Waals surface area contributed by atoms with Crippen LogP contribution in [0.15, 0.2) is 46.3 Å². The number of carbonyl (C=O) groups excluding carboxylic acids is 1. The standard InChI is InChI=1S/C11H10N2OS.2C2H6/c1-2-9-10(14)13-11(15-9)12-8-6-4-3-5-7-8;2*1-2/h2-7H,1H3,(H,12,13,14);2*1-2H3. The summed E-state index contributed by atoms with van der Waals surface area (Å²) < 4.78 is 0. The third kappa shape index (κ3) is 5.75. The minimum atomic E-state index is -0.0721. The number of hydrogen-bond acceptors (Lipinski definition) is 3. The van der Waals surface area contributed by atoms with Crippen LogP contribution in [0.4, 0.5) is 5.69 Å². The highest BCUT2D eigenvalue weighted by Crippen LogP contribution is 2.25. The van der Waals surface area contributed by atoms with E-state index in [1.165, 1.54) is 11.8 Å². The van der Waals surface area contributed by atoms with Crippen molar-refractivity contribution < 1.29 is 4.79 Å². The van der Waals surface area contributed by atoms with Crippen molar-refractivity contribution in [1.82, 2.24) is 5.32 Å². The molecule has 1 amide bonds. The number of nitrogens with one attached hydrogen (secondary N) is 1. The Labute approximate surface area is 120 Å². The normalized spacial score (nSPS) is 17.2. The maximum Gasteiger partial charge on any atom is 0.263 e. The second kappa shape index (κ2) is 10.4. The van der Waals surface area contributed by atoms with Gasteiger partial charge in [-0.1, -0.05) is 52.0 Å². The van der Waals surface area contributed by atoms with Crippen LogP contribution in [0, 0.1) is 0 Å². The molecule has 0 unspecified atom stereocenters. The molecule has 0 saturated carbocycles. The molecule has 3 nitrogen and oxygen atoms in total. The first-order chi connectivity index (χ1) is 9.29. The monoisotopic (exact) mass is 278 g/mol. The van der Waals surface area contributed by atoms with Crippen molar-refractivity contribution in [1.29, 1.82) is 0 Å². The largest absolute Gasteiger partial charge is 0.300 e. The zero-order chi connectivity index (χ0) is 14.7. The fraction of sp³-hybridized carbons (Fsp3) is 0.333. The molecule has 0 aromatic heterocycles. The Bertz CT molecular complexity index is 439. The van der Waals surface area contributed by atoms with Gasteiger partial charge in [-0.2, -0.15) is 0 Å². The summed E-state index contributed by atoms with van der Waals surface area (Å²) in [7, 11) is 0. The Morgan fingerprint density at radius 2 is 1.68 bits per heavy atom. The van der Waals surface area contributed by atoms with Crippen LogP contribution in [0.2, 0.25) is 0 Å². The van der Waals surface area contributed by atoms with Gasteiger partial charge in [0.05, 0.1) is 10.6 Å². The second-order valence-electron chi connectivity index (χ2n) is 2.96. The molecule has 0 radical (unpaired) electrons. The summed E-state index contributed by atoms with van der Waals surface area (Å²) in [6, 6.07) is 9.55. The number of thioether (sulfide) groups is 1. The van der Waals surface area contributed by atoms with Crippen molar-refractivity contribution in [2.45, 2.75) is 34.6 Å². The molecule has 1 N–H and O–H groups in total. The summed E-state index contributed by atoms with van der Waals surface area (Å²) in [4.78, 5) is 16.3. The zero-order valence-electron chi connectivity index (χ0n) is 12.2. The molecule has 4 heteroatoms. The number of para-hydroxylation sites is 1. The molecule has 0 bridgehead atoms. The third-order valence-electron chi connectivity index (χ3n) is 1.90. The van der Waals surface area contributed by atoms with E-state index >= 15 is 0 Å². The molecule has 1 aromatic rings. The molecule has 1 heterocycles. The van der Waals surface area contributed by atoms with Gasteiger partial charge in [-0.3, -0.25) is 4.79 Å². The molecule has 0 aliphatic carbocycles. The van der Waals surface area contributed by atoms with Gasteiger partial charge in [0, 0.05) is 0 Å². The summed E-state index contributed by atoms with van der Waals surface area (Å²) in [6.45, 7) is 9.84. The number of hydrogen-bond donors (Lipinski definition) is 1. The van der Waals surface area contributed by atoms with E-state index in [2.05, 4.69) is 10.3 Å². The molecule has 1 saturated heterocycles. The number of amides is 1. The lowest BCUT2D eigenvalue weighted by molar-refractivity contribution is -0.115. The van der Waals surface area contributed by atoms with Crippen molar-refractivity contribution in [2.75, 3.05) is 0 Å². The molecular weight excluding hydrogens is 256 g/mol. The van der Waals surface area contributed by atoms with E-state index in [0.717, 1.165) is 5.69 Å². The van der Waals surface area contributed by atoms with Gasteiger partial charge in [0.25, 0.3) is 5.91 Å². The van der Waals surface area contributed by atoms with E-state index < -0.39 is 0 Å². The fourth-order valence-electron chi connectivity index (χ4n) is 1.20. The first kappa shape index (κ1) is 17.4. The Balaban J connectivity index is 0.000000741. The third-order valence-corrected chi connectivity index (χ3v) is 2.93. The number of amidine groups is 1. The van der Waals surface area contributed by atoms with E-state index in [0.29, 0.717) is 10.1 Å². The Hall–Kier alpha value is -1.55. The van der Waals surface area contributed by atoms with Gasteiger partial charge in [-0.15, -0.1) is 0 Å². The maximum atomic E-state index is 11.3. The second-order valence-corrected chi connectivity index (χ2v) is 3.99. The van der Waals surface area contributed by atoms with Crippen LogP contribution in [0.3, 0.4) is 0 Å². The van der Waals surface area contributed by atoms with Crippen LogP contribution in [0.1, 0.15) is 34.6 Å². The van der Waals surface area contributed by atoms with Gasteiger partial charge < -0.3 is 5.32 Å². The smallest absolute Gasteiger partial charge is 0.263 e. The molecular formula is C15H22N2OS. The first-order valence-corrected chi connectivity index (χ1v) is 7.40. The van der Waals surface area contributed by atoms with Crippen LogP contribution < -0.4 is 5.32 Å². The van der Waals surface area contributed by atoms with Gasteiger partial charge in [-0.25, -0.2) is 4.99 Å². The van der Waals surface area contributed by atoms with Crippen LogP contribution >= 0.6 is 11.8 Å². The highest BCUT2D eigenvalue weighted by molar-refractivity contribution is 8.18. The van der Waals surface area contributed by atoms with Gasteiger partial charge in [-0.05, 0) is 30.8 Å². The molecule has 1 aliphatic heterocycles. The molecule has 1 aromatic carbocycles. The minimum Gasteiger partial charge on any atom is -0.300 e. The van der Waals surface area contributed by atoms with Crippen LogP contribution in [-0.2, 0) is 4.79 Å². The number of rotatable bonds is 1. The lowest BCUT2D eigenvalue weighted by Gasteiger charge is -1.94. The van der Waals surface area contributed by atoms with Gasteiger partial charge in [0.1, 0.15) is 0 Å². The van der Waals surface area contributed by atoms with Crippen molar-refractivity contribution in [3.8, 4) is 0 Å². The SMILES string of the molecule is CC.CC.CC=C1SC(=Nc2ccccc2)NC1=O. The molecule has 1 aliphatic rings. The van der Waals surface area contributed by atoms with Crippen molar-refractivity contribution >= 4 is 28.5 Å².